The quantitative estimate of drug-likeness (QED) is 0.744. The van der Waals surface area contributed by atoms with Crippen molar-refractivity contribution >= 4 is 11.7 Å². The van der Waals surface area contributed by atoms with Crippen molar-refractivity contribution in [2.75, 3.05) is 11.9 Å². The fourth-order valence-electron chi connectivity index (χ4n) is 5.78. The maximum Gasteiger partial charge on any atom is 0.338 e. The van der Waals surface area contributed by atoms with E-state index in [1.807, 2.05) is 19.1 Å². The molecule has 4 atom stereocenters. The summed E-state index contributed by atoms with van der Waals surface area (Å²) in [5.41, 5.74) is 2.83. The number of hydrogen-bond donors (Lipinski definition) is 2. The summed E-state index contributed by atoms with van der Waals surface area (Å²) in [5.74, 6) is 1.09. The van der Waals surface area contributed by atoms with Crippen LogP contribution in [-0.4, -0.2) is 29.8 Å². The van der Waals surface area contributed by atoms with Gasteiger partial charge in [0.25, 0.3) is 0 Å². The normalized spacial score (nSPS) is 31.2. The summed E-state index contributed by atoms with van der Waals surface area (Å²) in [7, 11) is 0. The van der Waals surface area contributed by atoms with Gasteiger partial charge in [-0.1, -0.05) is 38.2 Å². The third-order valence-electron chi connectivity index (χ3n) is 7.03. The summed E-state index contributed by atoms with van der Waals surface area (Å²) >= 11 is 0. The van der Waals surface area contributed by atoms with Gasteiger partial charge in [0.15, 0.2) is 0 Å². The van der Waals surface area contributed by atoms with Crippen molar-refractivity contribution in [1.82, 2.24) is 0 Å². The monoisotopic (exact) mass is 371 g/mol. The van der Waals surface area contributed by atoms with E-state index in [1.165, 1.54) is 50.5 Å². The molecule has 0 bridgehead atoms. The first kappa shape index (κ1) is 18.8. The van der Waals surface area contributed by atoms with Crippen LogP contribution in [0.25, 0.3) is 0 Å². The molecule has 0 spiro atoms. The van der Waals surface area contributed by atoms with Gasteiger partial charge in [0.1, 0.15) is 0 Å². The highest BCUT2D eigenvalue weighted by molar-refractivity contribution is 5.91. The topological polar surface area (TPSA) is 58.6 Å². The van der Waals surface area contributed by atoms with Gasteiger partial charge in [-0.2, -0.15) is 0 Å². The minimum atomic E-state index is -0.280. The number of benzene rings is 1. The molecule has 4 nitrogen and oxygen atoms in total. The molecule has 1 aromatic rings. The first-order chi connectivity index (χ1) is 13.2. The fraction of sp³-hybridized carbons (Fsp3) is 0.696. The van der Waals surface area contributed by atoms with Crippen LogP contribution in [0.3, 0.4) is 0 Å². The van der Waals surface area contributed by atoms with Crippen molar-refractivity contribution in [3.63, 3.8) is 0 Å². The molecule has 2 aliphatic carbocycles. The minimum Gasteiger partial charge on any atom is -0.462 e. The molecule has 0 radical (unpaired) electrons. The van der Waals surface area contributed by atoms with Crippen LogP contribution in [0.2, 0.25) is 0 Å². The summed E-state index contributed by atoms with van der Waals surface area (Å²) in [6.45, 7) is 2.22. The number of carbonyl (C=O) groups excluding carboxylic acids is 1. The maximum atomic E-state index is 12.2. The SMILES string of the molecule is CCOC(=O)c1ccc2c(c1)NC(C1CCCCC1)C1CCCCC(O)C21. The number of hydrogen-bond acceptors (Lipinski definition) is 4. The second kappa shape index (κ2) is 8.22. The zero-order valence-corrected chi connectivity index (χ0v) is 16.5. The largest absolute Gasteiger partial charge is 0.462 e. The number of nitrogens with one attached hydrogen (secondary N) is 1. The van der Waals surface area contributed by atoms with E-state index < -0.39 is 0 Å². The Labute approximate surface area is 162 Å². The minimum absolute atomic E-state index is 0.187. The number of aliphatic hydroxyl groups excluding tert-OH is 1. The number of aliphatic hydroxyl groups is 1. The molecule has 2 fully saturated rings. The van der Waals surface area contributed by atoms with Gasteiger partial charge in [0.2, 0.25) is 0 Å². The predicted molar refractivity (Wildman–Crippen MR) is 107 cm³/mol. The lowest BCUT2D eigenvalue weighted by atomic mass is 9.67. The van der Waals surface area contributed by atoms with Crippen LogP contribution in [0, 0.1) is 11.8 Å². The number of ether oxygens (including phenoxy) is 1. The van der Waals surface area contributed by atoms with Crippen LogP contribution < -0.4 is 5.32 Å². The third kappa shape index (κ3) is 3.73. The first-order valence-electron chi connectivity index (χ1n) is 10.9. The molecular weight excluding hydrogens is 338 g/mol. The van der Waals surface area contributed by atoms with Crippen LogP contribution in [-0.2, 0) is 4.74 Å². The Kier molecular flexibility index (Phi) is 5.72. The van der Waals surface area contributed by atoms with Crippen molar-refractivity contribution in [2.45, 2.75) is 82.8 Å². The standard InChI is InChI=1S/C23H33NO3/c1-2-27-23(26)16-12-13-17-19(14-16)24-22(15-8-4-3-5-9-15)18-10-6-7-11-20(25)21(17)18/h12-15,18,20-22,24-25H,2-11H2,1H3. The number of fused-ring (bicyclic) bond motifs is 3. The molecule has 0 saturated heterocycles. The number of rotatable bonds is 3. The average molecular weight is 372 g/mol. The number of carbonyl (C=O) groups is 1. The van der Waals surface area contributed by atoms with Gasteiger partial charge in [0, 0.05) is 17.6 Å². The van der Waals surface area contributed by atoms with Gasteiger partial charge in [-0.3, -0.25) is 0 Å². The summed E-state index contributed by atoms with van der Waals surface area (Å²) in [5, 5.41) is 14.8. The van der Waals surface area contributed by atoms with Gasteiger partial charge in [-0.15, -0.1) is 0 Å². The van der Waals surface area contributed by atoms with Crippen molar-refractivity contribution in [2.24, 2.45) is 11.8 Å². The van der Waals surface area contributed by atoms with Gasteiger partial charge in [0.05, 0.1) is 18.3 Å². The lowest BCUT2D eigenvalue weighted by Crippen LogP contribution is -2.46. The first-order valence-corrected chi connectivity index (χ1v) is 10.9. The lowest BCUT2D eigenvalue weighted by Gasteiger charge is -2.46. The van der Waals surface area contributed by atoms with E-state index in [9.17, 15) is 9.90 Å². The smallest absolute Gasteiger partial charge is 0.338 e. The molecule has 1 aliphatic heterocycles. The Bertz CT molecular complexity index is 668. The Morgan fingerprint density at radius 3 is 2.63 bits per heavy atom. The molecule has 148 valence electrons. The zero-order valence-electron chi connectivity index (χ0n) is 16.5. The molecule has 27 heavy (non-hydrogen) atoms. The Balaban J connectivity index is 1.70. The molecule has 2 N–H and O–H groups in total. The van der Waals surface area contributed by atoms with E-state index in [0.717, 1.165) is 18.5 Å². The number of esters is 1. The summed E-state index contributed by atoms with van der Waals surface area (Å²) in [6, 6.07) is 6.29. The van der Waals surface area contributed by atoms with Crippen molar-refractivity contribution < 1.29 is 14.6 Å². The van der Waals surface area contributed by atoms with Crippen LogP contribution in [0.4, 0.5) is 5.69 Å². The lowest BCUT2D eigenvalue weighted by molar-refractivity contribution is 0.0526. The summed E-state index contributed by atoms with van der Waals surface area (Å²) < 4.78 is 5.19. The molecule has 0 aromatic heterocycles. The van der Waals surface area contributed by atoms with E-state index >= 15 is 0 Å². The van der Waals surface area contributed by atoms with Crippen LogP contribution in [0.5, 0.6) is 0 Å². The summed E-state index contributed by atoms with van der Waals surface area (Å²) in [6.07, 6.45) is 10.7. The molecule has 4 unspecified atom stereocenters. The van der Waals surface area contributed by atoms with Gasteiger partial charge in [-0.25, -0.2) is 4.79 Å². The molecule has 2 saturated carbocycles. The second-order valence-electron chi connectivity index (χ2n) is 8.63. The molecule has 3 aliphatic rings. The predicted octanol–water partition coefficient (Wildman–Crippen LogP) is 4.87. The Morgan fingerprint density at radius 1 is 1.11 bits per heavy atom. The van der Waals surface area contributed by atoms with Crippen LogP contribution >= 0.6 is 0 Å². The Hall–Kier alpha value is -1.55. The molecule has 1 heterocycles. The molecular formula is C23H33NO3. The number of anilines is 1. The van der Waals surface area contributed by atoms with Gasteiger partial charge >= 0.3 is 5.97 Å². The van der Waals surface area contributed by atoms with Crippen molar-refractivity contribution in [3.05, 3.63) is 29.3 Å². The van der Waals surface area contributed by atoms with Gasteiger partial charge in [-0.05, 0) is 62.1 Å². The van der Waals surface area contributed by atoms with E-state index in [0.29, 0.717) is 30.0 Å². The highest BCUT2D eigenvalue weighted by atomic mass is 16.5. The van der Waals surface area contributed by atoms with E-state index in [1.54, 1.807) is 0 Å². The van der Waals surface area contributed by atoms with E-state index in [2.05, 4.69) is 11.4 Å². The molecule has 4 rings (SSSR count). The van der Waals surface area contributed by atoms with E-state index in [4.69, 9.17) is 4.74 Å². The van der Waals surface area contributed by atoms with Crippen LogP contribution in [0.15, 0.2) is 18.2 Å². The third-order valence-corrected chi connectivity index (χ3v) is 7.03. The second-order valence-corrected chi connectivity index (χ2v) is 8.63. The average Bonchev–Trinajstić information content (AvgIpc) is 2.89. The van der Waals surface area contributed by atoms with Gasteiger partial charge < -0.3 is 15.2 Å². The highest BCUT2D eigenvalue weighted by Gasteiger charge is 2.44. The van der Waals surface area contributed by atoms with Crippen LogP contribution in [0.1, 0.15) is 86.6 Å². The fourth-order valence-corrected chi connectivity index (χ4v) is 5.78. The summed E-state index contributed by atoms with van der Waals surface area (Å²) in [4.78, 5) is 12.2. The zero-order chi connectivity index (χ0) is 18.8. The van der Waals surface area contributed by atoms with E-state index in [-0.39, 0.29) is 18.0 Å². The maximum absolute atomic E-state index is 12.2. The molecule has 1 aromatic carbocycles. The van der Waals surface area contributed by atoms with Crippen molar-refractivity contribution in [3.8, 4) is 0 Å². The van der Waals surface area contributed by atoms with Crippen molar-refractivity contribution in [1.29, 1.82) is 0 Å². The molecule has 4 heteroatoms. The molecule has 0 amide bonds. The highest BCUT2D eigenvalue weighted by Crippen LogP contribution is 2.49. The Morgan fingerprint density at radius 2 is 1.85 bits per heavy atom.